The normalized spacial score (nSPS) is 22.9. The number of nitrogens with one attached hydrogen (secondary N) is 1. The first-order valence-corrected chi connectivity index (χ1v) is 6.81. The van der Waals surface area contributed by atoms with Crippen LogP contribution in [0.15, 0.2) is 6.20 Å². The highest BCUT2D eigenvalue weighted by atomic mass is 32.1. The lowest BCUT2D eigenvalue weighted by atomic mass is 9.95. The molecule has 1 aromatic rings. The van der Waals surface area contributed by atoms with Crippen LogP contribution in [0, 0.1) is 18.8 Å². The number of amides is 1. The molecule has 0 spiro atoms. The van der Waals surface area contributed by atoms with Crippen molar-refractivity contribution in [1.29, 1.82) is 0 Å². The highest BCUT2D eigenvalue weighted by Crippen LogP contribution is 2.32. The summed E-state index contributed by atoms with van der Waals surface area (Å²) in [5.41, 5.74) is 0. The highest BCUT2D eigenvalue weighted by molar-refractivity contribution is 7.11. The maximum Gasteiger partial charge on any atom is 0.307 e. The molecule has 1 fully saturated rings. The molecular formula is C12H16N2O3S. The van der Waals surface area contributed by atoms with Gasteiger partial charge in [-0.1, -0.05) is 6.42 Å². The Morgan fingerprint density at radius 1 is 1.50 bits per heavy atom. The average Bonchev–Trinajstić information content (AvgIpc) is 2.94. The number of aryl methyl sites for hydroxylation is 1. The minimum Gasteiger partial charge on any atom is -0.481 e. The van der Waals surface area contributed by atoms with Crippen molar-refractivity contribution in [2.45, 2.75) is 32.7 Å². The predicted molar refractivity (Wildman–Crippen MR) is 67.2 cm³/mol. The van der Waals surface area contributed by atoms with Gasteiger partial charge in [-0.15, -0.1) is 11.3 Å². The van der Waals surface area contributed by atoms with E-state index in [9.17, 15) is 9.59 Å². The van der Waals surface area contributed by atoms with Gasteiger partial charge < -0.3 is 10.4 Å². The fourth-order valence-electron chi connectivity index (χ4n) is 2.36. The molecule has 1 amide bonds. The second kappa shape index (κ2) is 5.48. The van der Waals surface area contributed by atoms with Crippen LogP contribution in [0.1, 0.15) is 29.1 Å². The van der Waals surface area contributed by atoms with Gasteiger partial charge >= 0.3 is 5.97 Å². The number of carboxylic acids is 1. The van der Waals surface area contributed by atoms with E-state index >= 15 is 0 Å². The number of thiazole rings is 1. The lowest BCUT2D eigenvalue weighted by Gasteiger charge is -2.14. The van der Waals surface area contributed by atoms with Crippen LogP contribution in [0.4, 0.5) is 0 Å². The van der Waals surface area contributed by atoms with E-state index in [-0.39, 0.29) is 11.8 Å². The summed E-state index contributed by atoms with van der Waals surface area (Å²) in [4.78, 5) is 28.1. The Labute approximate surface area is 109 Å². The second-order valence-electron chi connectivity index (χ2n) is 4.55. The summed E-state index contributed by atoms with van der Waals surface area (Å²) in [7, 11) is 0. The number of carbonyl (C=O) groups is 2. The van der Waals surface area contributed by atoms with Crippen molar-refractivity contribution in [1.82, 2.24) is 10.3 Å². The van der Waals surface area contributed by atoms with Gasteiger partial charge in [-0.2, -0.15) is 0 Å². The third-order valence-electron chi connectivity index (χ3n) is 3.28. The molecule has 0 aromatic carbocycles. The van der Waals surface area contributed by atoms with Crippen molar-refractivity contribution in [3.63, 3.8) is 0 Å². The van der Waals surface area contributed by atoms with E-state index in [2.05, 4.69) is 10.3 Å². The molecule has 1 aliphatic rings. The topological polar surface area (TPSA) is 79.3 Å². The SMILES string of the molecule is Cc1ncc(CNC(=O)[C@@H]2CCC[C@@H]2C(=O)O)s1. The van der Waals surface area contributed by atoms with Crippen molar-refractivity contribution in [3.8, 4) is 0 Å². The molecular weight excluding hydrogens is 252 g/mol. The molecule has 2 atom stereocenters. The molecule has 0 saturated heterocycles. The van der Waals surface area contributed by atoms with Crippen LogP contribution in [0.5, 0.6) is 0 Å². The number of carboxylic acid groups (broad SMARTS) is 1. The smallest absolute Gasteiger partial charge is 0.307 e. The number of aliphatic carboxylic acids is 1. The van der Waals surface area contributed by atoms with Crippen LogP contribution in [0.25, 0.3) is 0 Å². The van der Waals surface area contributed by atoms with Gasteiger partial charge in [0.05, 0.1) is 23.4 Å². The number of nitrogens with zero attached hydrogens (tertiary/aromatic N) is 1. The molecule has 1 heterocycles. The molecule has 1 aliphatic carbocycles. The Morgan fingerprint density at radius 3 is 2.83 bits per heavy atom. The summed E-state index contributed by atoms with van der Waals surface area (Å²) in [6, 6.07) is 0. The third kappa shape index (κ3) is 2.87. The van der Waals surface area contributed by atoms with Crippen LogP contribution in [-0.2, 0) is 16.1 Å². The Kier molecular flexibility index (Phi) is 3.96. The lowest BCUT2D eigenvalue weighted by Crippen LogP contribution is -2.34. The Morgan fingerprint density at radius 2 is 2.22 bits per heavy atom. The van der Waals surface area contributed by atoms with Crippen LogP contribution in [0.3, 0.4) is 0 Å². The molecule has 1 saturated carbocycles. The average molecular weight is 268 g/mol. The van der Waals surface area contributed by atoms with Crippen LogP contribution < -0.4 is 5.32 Å². The predicted octanol–water partition coefficient (Wildman–Crippen LogP) is 1.57. The van der Waals surface area contributed by atoms with Crippen molar-refractivity contribution in [2.75, 3.05) is 0 Å². The molecule has 0 radical (unpaired) electrons. The maximum atomic E-state index is 12.0. The van der Waals surface area contributed by atoms with E-state index in [0.29, 0.717) is 19.4 Å². The molecule has 1 aromatic heterocycles. The summed E-state index contributed by atoms with van der Waals surface area (Å²) in [6.07, 6.45) is 3.83. The van der Waals surface area contributed by atoms with E-state index in [4.69, 9.17) is 5.11 Å². The van der Waals surface area contributed by atoms with Crippen molar-refractivity contribution in [2.24, 2.45) is 11.8 Å². The Hall–Kier alpha value is -1.43. The fraction of sp³-hybridized carbons (Fsp3) is 0.583. The first kappa shape index (κ1) is 13.0. The third-order valence-corrected chi connectivity index (χ3v) is 4.19. The zero-order valence-corrected chi connectivity index (χ0v) is 11.0. The van der Waals surface area contributed by atoms with Gasteiger partial charge in [0, 0.05) is 11.1 Å². The number of rotatable bonds is 4. The summed E-state index contributed by atoms with van der Waals surface area (Å²) in [6.45, 7) is 2.35. The molecule has 98 valence electrons. The van der Waals surface area contributed by atoms with Gasteiger partial charge in [-0.25, -0.2) is 4.98 Å². The van der Waals surface area contributed by atoms with E-state index in [1.165, 1.54) is 11.3 Å². The molecule has 2 N–H and O–H groups in total. The number of carbonyl (C=O) groups excluding carboxylic acids is 1. The molecule has 0 bridgehead atoms. The van der Waals surface area contributed by atoms with Crippen LogP contribution in [-0.4, -0.2) is 22.0 Å². The second-order valence-corrected chi connectivity index (χ2v) is 5.86. The summed E-state index contributed by atoms with van der Waals surface area (Å²) < 4.78 is 0. The van der Waals surface area contributed by atoms with E-state index in [1.54, 1.807) is 6.20 Å². The van der Waals surface area contributed by atoms with Crippen molar-refractivity contribution in [3.05, 3.63) is 16.1 Å². The van der Waals surface area contributed by atoms with Gasteiger partial charge in [0.1, 0.15) is 0 Å². The molecule has 6 heteroatoms. The standard InChI is InChI=1S/C12H16N2O3S/c1-7-13-5-8(18-7)6-14-11(15)9-3-2-4-10(9)12(16)17/h5,9-10H,2-4,6H2,1H3,(H,14,15)(H,16,17)/t9-,10+/m1/s1. The van der Waals surface area contributed by atoms with Gasteiger partial charge in [-0.05, 0) is 19.8 Å². The summed E-state index contributed by atoms with van der Waals surface area (Å²) in [5, 5.41) is 12.8. The Bertz CT molecular complexity index is 458. The van der Waals surface area contributed by atoms with Crippen molar-refractivity contribution < 1.29 is 14.7 Å². The van der Waals surface area contributed by atoms with Crippen molar-refractivity contribution >= 4 is 23.2 Å². The van der Waals surface area contributed by atoms with Gasteiger partial charge in [0.15, 0.2) is 0 Å². The van der Waals surface area contributed by atoms with E-state index in [1.807, 2.05) is 6.92 Å². The Balaban J connectivity index is 1.89. The molecule has 5 nitrogen and oxygen atoms in total. The molecule has 2 rings (SSSR count). The molecule has 18 heavy (non-hydrogen) atoms. The zero-order valence-electron chi connectivity index (χ0n) is 10.2. The summed E-state index contributed by atoms with van der Waals surface area (Å²) >= 11 is 1.54. The number of aromatic nitrogens is 1. The van der Waals surface area contributed by atoms with E-state index in [0.717, 1.165) is 16.3 Å². The summed E-state index contributed by atoms with van der Waals surface area (Å²) in [5.74, 6) is -1.91. The van der Waals surface area contributed by atoms with Gasteiger partial charge in [-0.3, -0.25) is 9.59 Å². The molecule has 0 aliphatic heterocycles. The maximum absolute atomic E-state index is 12.0. The zero-order chi connectivity index (χ0) is 13.1. The quantitative estimate of drug-likeness (QED) is 0.868. The van der Waals surface area contributed by atoms with Crippen LogP contribution >= 0.6 is 11.3 Å². The fourth-order valence-corrected chi connectivity index (χ4v) is 3.10. The van der Waals surface area contributed by atoms with Gasteiger partial charge in [0.25, 0.3) is 0 Å². The largest absolute Gasteiger partial charge is 0.481 e. The molecule has 0 unspecified atom stereocenters. The monoisotopic (exact) mass is 268 g/mol. The van der Waals surface area contributed by atoms with Crippen LogP contribution in [0.2, 0.25) is 0 Å². The lowest BCUT2D eigenvalue weighted by molar-refractivity contribution is -0.146. The number of hydrogen-bond acceptors (Lipinski definition) is 4. The minimum atomic E-state index is -0.860. The van der Waals surface area contributed by atoms with E-state index < -0.39 is 11.9 Å². The van der Waals surface area contributed by atoms with Gasteiger partial charge in [0.2, 0.25) is 5.91 Å². The minimum absolute atomic E-state index is 0.147. The highest BCUT2D eigenvalue weighted by Gasteiger charge is 2.37. The first-order valence-electron chi connectivity index (χ1n) is 5.99. The first-order chi connectivity index (χ1) is 8.58. The number of hydrogen-bond donors (Lipinski definition) is 2.